The molecule has 0 saturated heterocycles. The number of rotatable bonds is 9. The van der Waals surface area contributed by atoms with Crippen LogP contribution in [0.2, 0.25) is 0 Å². The lowest BCUT2D eigenvalue weighted by molar-refractivity contribution is 0.610. The molecule has 9 heteroatoms. The summed E-state index contributed by atoms with van der Waals surface area (Å²) < 4.78 is 18.1. The van der Waals surface area contributed by atoms with E-state index < -0.39 is 0 Å². The number of aromatic amines is 1. The number of unbranched alkanes of at least 4 members (excludes halogenated alkanes) is 1. The SMILES string of the molecule is CCCCc1cn(-c2c(F)cccc2CC)c(=O)n1Cc1ccc(-c2ccncc2-c2nnn[nH]2)cc1. The van der Waals surface area contributed by atoms with Gasteiger partial charge >= 0.3 is 5.69 Å². The Labute approximate surface area is 213 Å². The van der Waals surface area contributed by atoms with Crippen molar-refractivity contribution in [3.63, 3.8) is 0 Å². The first-order valence-corrected chi connectivity index (χ1v) is 12.5. The van der Waals surface area contributed by atoms with Crippen LogP contribution in [0.1, 0.15) is 43.5 Å². The monoisotopic (exact) mass is 497 g/mol. The summed E-state index contributed by atoms with van der Waals surface area (Å²) in [5.41, 5.74) is 5.51. The predicted octanol–water partition coefficient (Wildman–Crippen LogP) is 4.97. The van der Waals surface area contributed by atoms with E-state index in [1.807, 2.05) is 43.3 Å². The number of nitrogens with zero attached hydrogens (tertiary/aromatic N) is 6. The number of aryl methyl sites for hydroxylation is 2. The van der Waals surface area contributed by atoms with Gasteiger partial charge in [0, 0.05) is 29.8 Å². The number of para-hydroxylation sites is 1. The molecule has 0 aliphatic heterocycles. The summed E-state index contributed by atoms with van der Waals surface area (Å²) in [6.45, 7) is 4.48. The molecule has 0 saturated carbocycles. The summed E-state index contributed by atoms with van der Waals surface area (Å²) in [7, 11) is 0. The van der Waals surface area contributed by atoms with Gasteiger partial charge in [0.25, 0.3) is 0 Å². The third kappa shape index (κ3) is 4.84. The number of hydrogen-bond donors (Lipinski definition) is 1. The molecule has 0 aliphatic rings. The molecule has 5 aromatic rings. The number of aromatic nitrogens is 7. The van der Waals surface area contributed by atoms with E-state index in [1.165, 1.54) is 10.6 Å². The Bertz CT molecular complexity index is 1550. The fourth-order valence-corrected chi connectivity index (χ4v) is 4.61. The zero-order valence-electron chi connectivity index (χ0n) is 20.9. The second kappa shape index (κ2) is 10.7. The quantitative estimate of drug-likeness (QED) is 0.310. The average Bonchev–Trinajstić information content (AvgIpc) is 3.57. The molecule has 1 N–H and O–H groups in total. The topological polar surface area (TPSA) is 94.3 Å². The fourth-order valence-electron chi connectivity index (χ4n) is 4.61. The molecule has 0 unspecified atom stereocenters. The van der Waals surface area contributed by atoms with Gasteiger partial charge in [0.15, 0.2) is 5.82 Å². The van der Waals surface area contributed by atoms with E-state index in [2.05, 4.69) is 32.5 Å². The van der Waals surface area contributed by atoms with Crippen LogP contribution in [-0.2, 0) is 19.4 Å². The maximum Gasteiger partial charge on any atom is 0.333 e. The normalized spacial score (nSPS) is 11.2. The van der Waals surface area contributed by atoms with Crippen LogP contribution in [-0.4, -0.2) is 34.7 Å². The van der Waals surface area contributed by atoms with Gasteiger partial charge in [-0.15, -0.1) is 5.10 Å². The van der Waals surface area contributed by atoms with Crippen molar-refractivity contribution < 1.29 is 4.39 Å². The molecular formula is C28H28FN7O. The van der Waals surface area contributed by atoms with Crippen molar-refractivity contribution in [3.05, 3.63) is 100 Å². The van der Waals surface area contributed by atoms with Crippen molar-refractivity contribution in [1.29, 1.82) is 0 Å². The molecule has 3 aromatic heterocycles. The van der Waals surface area contributed by atoms with E-state index in [9.17, 15) is 9.18 Å². The molecule has 188 valence electrons. The van der Waals surface area contributed by atoms with E-state index in [0.29, 0.717) is 24.5 Å². The van der Waals surface area contributed by atoms with E-state index in [1.54, 1.807) is 29.2 Å². The third-order valence-electron chi connectivity index (χ3n) is 6.57. The minimum absolute atomic E-state index is 0.232. The number of imidazole rings is 1. The number of tetrazole rings is 1. The van der Waals surface area contributed by atoms with Crippen LogP contribution in [0.15, 0.2) is 71.9 Å². The first-order valence-electron chi connectivity index (χ1n) is 12.5. The van der Waals surface area contributed by atoms with Gasteiger partial charge in [0.2, 0.25) is 0 Å². The van der Waals surface area contributed by atoms with Gasteiger partial charge in [-0.05, 0) is 64.1 Å². The smallest absolute Gasteiger partial charge is 0.292 e. The zero-order valence-corrected chi connectivity index (χ0v) is 20.9. The fraction of sp³-hybridized carbons (Fsp3) is 0.250. The Morgan fingerprint density at radius 2 is 1.86 bits per heavy atom. The van der Waals surface area contributed by atoms with Crippen molar-refractivity contribution >= 4 is 0 Å². The van der Waals surface area contributed by atoms with Crippen molar-refractivity contribution in [2.45, 2.75) is 46.1 Å². The summed E-state index contributed by atoms with van der Waals surface area (Å²) >= 11 is 0. The van der Waals surface area contributed by atoms with Crippen molar-refractivity contribution in [2.24, 2.45) is 0 Å². The van der Waals surface area contributed by atoms with Crippen LogP contribution in [0, 0.1) is 5.82 Å². The van der Waals surface area contributed by atoms with Crippen LogP contribution < -0.4 is 5.69 Å². The number of pyridine rings is 1. The van der Waals surface area contributed by atoms with E-state index in [0.717, 1.165) is 52.8 Å². The first-order chi connectivity index (χ1) is 18.1. The molecule has 0 aliphatic carbocycles. The van der Waals surface area contributed by atoms with Gasteiger partial charge in [-0.1, -0.05) is 56.7 Å². The lowest BCUT2D eigenvalue weighted by Gasteiger charge is -2.10. The summed E-state index contributed by atoms with van der Waals surface area (Å²) in [6.07, 6.45) is 8.59. The highest BCUT2D eigenvalue weighted by Crippen LogP contribution is 2.29. The van der Waals surface area contributed by atoms with Gasteiger partial charge in [0.05, 0.1) is 12.2 Å². The molecule has 0 radical (unpaired) electrons. The largest absolute Gasteiger partial charge is 0.333 e. The van der Waals surface area contributed by atoms with Crippen molar-refractivity contribution in [1.82, 2.24) is 34.7 Å². The maximum atomic E-state index is 14.9. The lowest BCUT2D eigenvalue weighted by atomic mass is 10.00. The number of H-pyrrole nitrogens is 1. The standard InChI is InChI=1S/C28H28FN7O/c1-3-5-8-22-18-36(26-20(4-2)7-6-9-25(26)29)28(37)35(22)17-19-10-12-21(13-11-19)23-14-15-30-16-24(23)27-31-33-34-32-27/h6-7,9-16,18H,3-5,8,17H2,1-2H3,(H,31,32,33,34). The lowest BCUT2D eigenvalue weighted by Crippen LogP contribution is -2.26. The summed E-state index contributed by atoms with van der Waals surface area (Å²) in [5, 5.41) is 14.1. The molecule has 2 aromatic carbocycles. The Balaban J connectivity index is 1.50. The summed E-state index contributed by atoms with van der Waals surface area (Å²) in [4.78, 5) is 17.8. The van der Waals surface area contributed by atoms with E-state index >= 15 is 0 Å². The third-order valence-corrected chi connectivity index (χ3v) is 6.57. The second-order valence-corrected chi connectivity index (χ2v) is 8.93. The van der Waals surface area contributed by atoms with Crippen LogP contribution >= 0.6 is 0 Å². The van der Waals surface area contributed by atoms with Crippen LogP contribution in [0.5, 0.6) is 0 Å². The van der Waals surface area contributed by atoms with Crippen LogP contribution in [0.3, 0.4) is 0 Å². The predicted molar refractivity (Wildman–Crippen MR) is 140 cm³/mol. The van der Waals surface area contributed by atoms with Crippen molar-refractivity contribution in [3.8, 4) is 28.2 Å². The van der Waals surface area contributed by atoms with Gasteiger partial charge in [-0.25, -0.2) is 14.3 Å². The molecule has 5 rings (SSSR count). The van der Waals surface area contributed by atoms with Crippen LogP contribution in [0.25, 0.3) is 28.2 Å². The Morgan fingerprint density at radius 1 is 1.03 bits per heavy atom. The highest BCUT2D eigenvalue weighted by atomic mass is 19.1. The summed E-state index contributed by atoms with van der Waals surface area (Å²) in [5.74, 6) is 0.153. The minimum atomic E-state index is -0.389. The maximum absolute atomic E-state index is 14.9. The Hall–Kier alpha value is -4.40. The van der Waals surface area contributed by atoms with Gasteiger partial charge < -0.3 is 0 Å². The zero-order chi connectivity index (χ0) is 25.8. The molecule has 3 heterocycles. The van der Waals surface area contributed by atoms with Crippen molar-refractivity contribution in [2.75, 3.05) is 0 Å². The van der Waals surface area contributed by atoms with Gasteiger partial charge in [-0.3, -0.25) is 14.1 Å². The second-order valence-electron chi connectivity index (χ2n) is 8.93. The van der Waals surface area contributed by atoms with Gasteiger partial charge in [-0.2, -0.15) is 0 Å². The Morgan fingerprint density at radius 3 is 2.59 bits per heavy atom. The van der Waals surface area contributed by atoms with E-state index in [4.69, 9.17) is 0 Å². The minimum Gasteiger partial charge on any atom is -0.292 e. The number of hydrogen-bond acceptors (Lipinski definition) is 5. The molecule has 0 atom stereocenters. The molecule has 0 bridgehead atoms. The molecule has 0 amide bonds. The molecule has 0 spiro atoms. The van der Waals surface area contributed by atoms with Gasteiger partial charge in [0.1, 0.15) is 5.82 Å². The first kappa shape index (κ1) is 24.3. The number of nitrogens with one attached hydrogen (secondary N) is 1. The average molecular weight is 498 g/mol. The summed E-state index contributed by atoms with van der Waals surface area (Å²) in [6, 6.07) is 14.9. The highest BCUT2D eigenvalue weighted by molar-refractivity contribution is 5.79. The number of benzene rings is 2. The van der Waals surface area contributed by atoms with E-state index in [-0.39, 0.29) is 11.5 Å². The van der Waals surface area contributed by atoms with Crippen LogP contribution in [0.4, 0.5) is 4.39 Å². The molecular weight excluding hydrogens is 469 g/mol. The number of halogens is 1. The molecule has 0 fully saturated rings. The molecule has 37 heavy (non-hydrogen) atoms. The molecule has 8 nitrogen and oxygen atoms in total. The Kier molecular flexibility index (Phi) is 7.02. The highest BCUT2D eigenvalue weighted by Gasteiger charge is 2.18.